The van der Waals surface area contributed by atoms with E-state index in [4.69, 9.17) is 19.2 Å². The fourth-order valence-electron chi connectivity index (χ4n) is 4.89. The maximum atomic E-state index is 5.62. The number of ether oxygens (including phenoxy) is 3. The number of fused-ring (bicyclic) bond motifs is 2. The number of nitrogens with zero attached hydrogens (tertiary/aromatic N) is 2. The standard InChI is InChI=1S/C24H35N3O3/c1-28-13-12-27-11-7-8-17(16-27)25-24-18-9-5-4-6-10-20(18)26-21-15-23(30-3)22(29-2)14-19(21)24/h14-15,17H,4-13,16H2,1-3H3,(H,25,26)/t17-/m1/s1. The molecule has 4 rings (SSSR count). The van der Waals surface area contributed by atoms with E-state index in [1.54, 1.807) is 21.3 Å². The quantitative estimate of drug-likeness (QED) is 0.692. The molecule has 0 unspecified atom stereocenters. The molecular formula is C24H35N3O3. The van der Waals surface area contributed by atoms with Gasteiger partial charge in [0.25, 0.3) is 0 Å². The number of likely N-dealkylation sites (tertiary alicyclic amines) is 1. The predicted molar refractivity (Wildman–Crippen MR) is 121 cm³/mol. The van der Waals surface area contributed by atoms with E-state index in [-0.39, 0.29) is 0 Å². The molecule has 0 bridgehead atoms. The van der Waals surface area contributed by atoms with Crippen LogP contribution in [0.2, 0.25) is 0 Å². The Balaban J connectivity index is 1.73. The molecule has 2 aromatic rings. The first kappa shape index (κ1) is 21.2. The molecule has 1 N–H and O–H groups in total. The van der Waals surface area contributed by atoms with Crippen molar-refractivity contribution >= 4 is 16.6 Å². The van der Waals surface area contributed by atoms with E-state index in [9.17, 15) is 0 Å². The molecule has 164 valence electrons. The van der Waals surface area contributed by atoms with Crippen molar-refractivity contribution < 1.29 is 14.2 Å². The van der Waals surface area contributed by atoms with Gasteiger partial charge >= 0.3 is 0 Å². The summed E-state index contributed by atoms with van der Waals surface area (Å²) in [5.41, 5.74) is 4.90. The summed E-state index contributed by atoms with van der Waals surface area (Å²) in [5, 5.41) is 5.10. The first-order valence-electron chi connectivity index (χ1n) is 11.3. The van der Waals surface area contributed by atoms with Crippen LogP contribution < -0.4 is 14.8 Å². The van der Waals surface area contributed by atoms with Crippen LogP contribution in [0.5, 0.6) is 11.5 Å². The number of hydrogen-bond acceptors (Lipinski definition) is 6. The molecule has 6 nitrogen and oxygen atoms in total. The molecule has 1 atom stereocenters. The van der Waals surface area contributed by atoms with Gasteiger partial charge in [-0.2, -0.15) is 0 Å². The van der Waals surface area contributed by atoms with Crippen LogP contribution in [0.3, 0.4) is 0 Å². The maximum Gasteiger partial charge on any atom is 0.162 e. The molecule has 0 radical (unpaired) electrons. The van der Waals surface area contributed by atoms with Crippen LogP contribution in [-0.2, 0) is 17.6 Å². The minimum Gasteiger partial charge on any atom is -0.493 e. The number of pyridine rings is 1. The molecule has 1 saturated heterocycles. The first-order chi connectivity index (χ1) is 14.7. The number of benzene rings is 1. The van der Waals surface area contributed by atoms with Gasteiger partial charge in [0.2, 0.25) is 0 Å². The Labute approximate surface area is 179 Å². The van der Waals surface area contributed by atoms with E-state index in [2.05, 4.69) is 16.3 Å². The second-order valence-electron chi connectivity index (χ2n) is 8.47. The van der Waals surface area contributed by atoms with Gasteiger partial charge < -0.3 is 19.5 Å². The summed E-state index contributed by atoms with van der Waals surface area (Å²) in [5.74, 6) is 1.49. The Hall–Kier alpha value is -2.05. The lowest BCUT2D eigenvalue weighted by Gasteiger charge is -2.34. The summed E-state index contributed by atoms with van der Waals surface area (Å²) in [6.07, 6.45) is 8.26. The Bertz CT molecular complexity index is 871. The maximum absolute atomic E-state index is 5.62. The third-order valence-electron chi connectivity index (χ3n) is 6.48. The monoisotopic (exact) mass is 413 g/mol. The fourth-order valence-corrected chi connectivity index (χ4v) is 4.89. The topological polar surface area (TPSA) is 55.9 Å². The fraction of sp³-hybridized carbons (Fsp3) is 0.625. The number of aryl methyl sites for hydroxylation is 1. The summed E-state index contributed by atoms with van der Waals surface area (Å²) in [4.78, 5) is 7.58. The number of rotatable bonds is 7. The lowest BCUT2D eigenvalue weighted by molar-refractivity contribution is 0.131. The largest absolute Gasteiger partial charge is 0.493 e. The van der Waals surface area contributed by atoms with Crippen LogP contribution >= 0.6 is 0 Å². The molecule has 1 aliphatic carbocycles. The van der Waals surface area contributed by atoms with Crippen LogP contribution in [-0.4, -0.2) is 63.5 Å². The zero-order valence-corrected chi connectivity index (χ0v) is 18.6. The summed E-state index contributed by atoms with van der Waals surface area (Å²) in [6.45, 7) is 3.99. The van der Waals surface area contributed by atoms with E-state index in [1.165, 1.54) is 49.0 Å². The molecule has 6 heteroatoms. The number of nitrogens with one attached hydrogen (secondary N) is 1. The zero-order valence-electron chi connectivity index (χ0n) is 18.6. The molecule has 1 aliphatic heterocycles. The highest BCUT2D eigenvalue weighted by Gasteiger charge is 2.24. The molecule has 0 spiro atoms. The van der Waals surface area contributed by atoms with E-state index >= 15 is 0 Å². The molecule has 2 heterocycles. The van der Waals surface area contributed by atoms with Crippen molar-refractivity contribution in [3.05, 3.63) is 23.4 Å². The van der Waals surface area contributed by atoms with E-state index in [0.29, 0.717) is 6.04 Å². The Kier molecular flexibility index (Phi) is 6.95. The number of piperidine rings is 1. The predicted octanol–water partition coefficient (Wildman–Crippen LogP) is 4.04. The van der Waals surface area contributed by atoms with Gasteiger partial charge in [-0.05, 0) is 56.7 Å². The van der Waals surface area contributed by atoms with Crippen molar-refractivity contribution in [3.63, 3.8) is 0 Å². The molecule has 1 fully saturated rings. The minimum atomic E-state index is 0.432. The van der Waals surface area contributed by atoms with Crippen molar-refractivity contribution in [3.8, 4) is 11.5 Å². The molecule has 0 amide bonds. The molecule has 1 aromatic carbocycles. The lowest BCUT2D eigenvalue weighted by atomic mass is 9.99. The van der Waals surface area contributed by atoms with Gasteiger partial charge in [0.05, 0.1) is 26.3 Å². The van der Waals surface area contributed by atoms with Crippen LogP contribution in [0.25, 0.3) is 10.9 Å². The number of hydrogen-bond donors (Lipinski definition) is 1. The second-order valence-corrected chi connectivity index (χ2v) is 8.47. The van der Waals surface area contributed by atoms with Crippen molar-refractivity contribution in [2.24, 2.45) is 0 Å². The van der Waals surface area contributed by atoms with Crippen molar-refractivity contribution in [1.82, 2.24) is 9.88 Å². The van der Waals surface area contributed by atoms with Crippen molar-refractivity contribution in [2.75, 3.05) is 52.9 Å². The summed E-state index contributed by atoms with van der Waals surface area (Å²) in [6, 6.07) is 4.55. The van der Waals surface area contributed by atoms with E-state index < -0.39 is 0 Å². The second kappa shape index (κ2) is 9.84. The highest BCUT2D eigenvalue weighted by Crippen LogP contribution is 2.39. The Morgan fingerprint density at radius 3 is 2.63 bits per heavy atom. The number of aromatic nitrogens is 1. The van der Waals surface area contributed by atoms with Gasteiger partial charge in [0, 0.05) is 49.1 Å². The van der Waals surface area contributed by atoms with Gasteiger partial charge in [-0.25, -0.2) is 0 Å². The summed E-state index contributed by atoms with van der Waals surface area (Å²) in [7, 11) is 5.16. The van der Waals surface area contributed by atoms with Crippen LogP contribution in [0.4, 0.5) is 5.69 Å². The highest BCUT2D eigenvalue weighted by molar-refractivity contribution is 5.96. The van der Waals surface area contributed by atoms with Crippen molar-refractivity contribution in [2.45, 2.75) is 51.0 Å². The normalized spacial score (nSPS) is 19.9. The van der Waals surface area contributed by atoms with Gasteiger partial charge in [0.1, 0.15) is 0 Å². The lowest BCUT2D eigenvalue weighted by Crippen LogP contribution is -2.43. The van der Waals surface area contributed by atoms with Gasteiger partial charge in [-0.1, -0.05) is 6.42 Å². The van der Waals surface area contributed by atoms with Gasteiger partial charge in [0.15, 0.2) is 11.5 Å². The third kappa shape index (κ3) is 4.49. The highest BCUT2D eigenvalue weighted by atomic mass is 16.5. The van der Waals surface area contributed by atoms with E-state index in [1.807, 2.05) is 6.07 Å². The molecular weight excluding hydrogens is 378 g/mol. The van der Waals surface area contributed by atoms with Crippen LogP contribution in [0.1, 0.15) is 43.4 Å². The summed E-state index contributed by atoms with van der Waals surface area (Å²) >= 11 is 0. The van der Waals surface area contributed by atoms with Gasteiger partial charge in [-0.3, -0.25) is 9.88 Å². The summed E-state index contributed by atoms with van der Waals surface area (Å²) < 4.78 is 16.5. The molecule has 0 saturated carbocycles. The SMILES string of the molecule is COCCN1CCC[C@@H](Nc2c3c(nc4cc(OC)c(OC)cc24)CCCCC3)C1. The first-order valence-corrected chi connectivity index (χ1v) is 11.3. The Morgan fingerprint density at radius 1 is 1.03 bits per heavy atom. The average Bonchev–Trinajstić information content (AvgIpc) is 3.02. The number of methoxy groups -OCH3 is 3. The number of anilines is 1. The molecule has 30 heavy (non-hydrogen) atoms. The molecule has 1 aromatic heterocycles. The van der Waals surface area contributed by atoms with Crippen LogP contribution in [0, 0.1) is 0 Å². The third-order valence-corrected chi connectivity index (χ3v) is 6.48. The molecule has 2 aliphatic rings. The zero-order chi connectivity index (χ0) is 20.9. The van der Waals surface area contributed by atoms with E-state index in [0.717, 1.165) is 61.5 Å². The minimum absolute atomic E-state index is 0.432. The van der Waals surface area contributed by atoms with Crippen LogP contribution in [0.15, 0.2) is 12.1 Å². The van der Waals surface area contributed by atoms with Gasteiger partial charge in [-0.15, -0.1) is 0 Å². The smallest absolute Gasteiger partial charge is 0.162 e. The average molecular weight is 414 g/mol. The van der Waals surface area contributed by atoms with Crippen molar-refractivity contribution in [1.29, 1.82) is 0 Å². The Morgan fingerprint density at radius 2 is 1.83 bits per heavy atom.